The van der Waals surface area contributed by atoms with Gasteiger partial charge in [-0.3, -0.25) is 19.7 Å². The number of hydrogen-bond donors (Lipinski definition) is 1. The molecule has 0 radical (unpaired) electrons. The molecule has 0 heterocycles. The Labute approximate surface area is 152 Å². The van der Waals surface area contributed by atoms with Crippen LogP contribution in [0.3, 0.4) is 0 Å². The smallest absolute Gasteiger partial charge is 0.325 e. The fourth-order valence-corrected chi connectivity index (χ4v) is 2.34. The first kappa shape index (κ1) is 18.7. The third-order valence-electron chi connectivity index (χ3n) is 3.12. The molecule has 1 N–H and O–H groups in total. The maximum absolute atomic E-state index is 11.9. The van der Waals surface area contributed by atoms with Crippen molar-refractivity contribution < 1.29 is 19.2 Å². The SMILES string of the molecule is O=C(CNC(=O)c1ccc(Cl)cc1Cl)OCc1ccc([N+](=O)[O-])cc1. The number of amides is 1. The lowest BCUT2D eigenvalue weighted by molar-refractivity contribution is -0.384. The fourth-order valence-electron chi connectivity index (χ4n) is 1.85. The van der Waals surface area contributed by atoms with Crippen molar-refractivity contribution in [2.75, 3.05) is 6.54 Å². The monoisotopic (exact) mass is 382 g/mol. The summed E-state index contributed by atoms with van der Waals surface area (Å²) in [4.78, 5) is 33.6. The number of nitrogens with zero attached hydrogens (tertiary/aromatic N) is 1. The van der Waals surface area contributed by atoms with E-state index >= 15 is 0 Å². The number of rotatable bonds is 6. The summed E-state index contributed by atoms with van der Waals surface area (Å²) in [6.45, 7) is -0.404. The number of nitrogens with one attached hydrogen (secondary N) is 1. The molecular formula is C16H12Cl2N2O5. The van der Waals surface area contributed by atoms with E-state index in [0.29, 0.717) is 10.6 Å². The van der Waals surface area contributed by atoms with E-state index in [4.69, 9.17) is 27.9 Å². The van der Waals surface area contributed by atoms with Crippen LogP contribution in [-0.2, 0) is 16.1 Å². The van der Waals surface area contributed by atoms with Crippen LogP contribution in [-0.4, -0.2) is 23.3 Å². The standard InChI is InChI=1S/C16H12Cl2N2O5/c17-11-3-6-13(14(18)7-11)16(22)19-8-15(21)25-9-10-1-4-12(5-2-10)20(23)24/h1-7H,8-9H2,(H,19,22). The minimum Gasteiger partial charge on any atom is -0.460 e. The summed E-state index contributed by atoms with van der Waals surface area (Å²) in [6, 6.07) is 9.97. The first-order chi connectivity index (χ1) is 11.9. The van der Waals surface area contributed by atoms with Gasteiger partial charge in [0.25, 0.3) is 11.6 Å². The van der Waals surface area contributed by atoms with E-state index in [0.717, 1.165) is 0 Å². The number of halogens is 2. The van der Waals surface area contributed by atoms with Gasteiger partial charge in [0.1, 0.15) is 13.2 Å². The van der Waals surface area contributed by atoms with E-state index in [1.54, 1.807) is 0 Å². The summed E-state index contributed by atoms with van der Waals surface area (Å²) in [5.41, 5.74) is 0.724. The Hall–Kier alpha value is -2.64. The molecule has 0 spiro atoms. The van der Waals surface area contributed by atoms with Gasteiger partial charge in [-0.25, -0.2) is 0 Å². The van der Waals surface area contributed by atoms with E-state index in [1.807, 2.05) is 0 Å². The van der Waals surface area contributed by atoms with Crippen LogP contribution in [0.25, 0.3) is 0 Å². The van der Waals surface area contributed by atoms with Gasteiger partial charge >= 0.3 is 5.97 Å². The largest absolute Gasteiger partial charge is 0.460 e. The lowest BCUT2D eigenvalue weighted by Gasteiger charge is -2.08. The van der Waals surface area contributed by atoms with Gasteiger partial charge in [0, 0.05) is 17.2 Å². The van der Waals surface area contributed by atoms with E-state index in [1.165, 1.54) is 42.5 Å². The lowest BCUT2D eigenvalue weighted by Crippen LogP contribution is -2.30. The van der Waals surface area contributed by atoms with Crippen molar-refractivity contribution in [3.8, 4) is 0 Å². The third-order valence-corrected chi connectivity index (χ3v) is 3.66. The molecule has 0 bridgehead atoms. The van der Waals surface area contributed by atoms with Crippen LogP contribution >= 0.6 is 23.2 Å². The van der Waals surface area contributed by atoms with Crippen molar-refractivity contribution in [2.24, 2.45) is 0 Å². The molecule has 2 rings (SSSR count). The number of non-ortho nitro benzene ring substituents is 1. The third kappa shape index (κ3) is 5.44. The van der Waals surface area contributed by atoms with Crippen LogP contribution in [0, 0.1) is 10.1 Å². The molecule has 7 nitrogen and oxygen atoms in total. The second kappa shape index (κ2) is 8.46. The summed E-state index contributed by atoms with van der Waals surface area (Å²) in [5.74, 6) is -1.19. The molecule has 1 amide bonds. The van der Waals surface area contributed by atoms with Gasteiger partial charge in [-0.2, -0.15) is 0 Å². The molecule has 0 aliphatic carbocycles. The maximum atomic E-state index is 11.9. The number of carbonyl (C=O) groups is 2. The molecule has 0 saturated heterocycles. The molecule has 9 heteroatoms. The van der Waals surface area contributed by atoms with Crippen LogP contribution in [0.1, 0.15) is 15.9 Å². The van der Waals surface area contributed by atoms with Crippen molar-refractivity contribution in [1.29, 1.82) is 0 Å². The molecule has 0 aliphatic rings. The zero-order valence-electron chi connectivity index (χ0n) is 12.7. The fraction of sp³-hybridized carbons (Fsp3) is 0.125. The second-order valence-corrected chi connectivity index (χ2v) is 5.73. The zero-order valence-corrected chi connectivity index (χ0v) is 14.2. The Balaban J connectivity index is 1.82. The summed E-state index contributed by atoms with van der Waals surface area (Å²) in [6.07, 6.45) is 0. The van der Waals surface area contributed by atoms with E-state index in [-0.39, 0.29) is 29.4 Å². The molecule has 0 aromatic heterocycles. The molecule has 130 valence electrons. The van der Waals surface area contributed by atoms with Gasteiger partial charge in [0.15, 0.2) is 0 Å². The number of benzene rings is 2. The average Bonchev–Trinajstić information content (AvgIpc) is 2.58. The summed E-state index contributed by atoms with van der Waals surface area (Å²) < 4.78 is 4.99. The normalized spacial score (nSPS) is 10.2. The zero-order chi connectivity index (χ0) is 18.4. The van der Waals surface area contributed by atoms with Gasteiger partial charge < -0.3 is 10.1 Å². The van der Waals surface area contributed by atoms with Gasteiger partial charge in [-0.15, -0.1) is 0 Å². The minimum atomic E-state index is -0.656. The van der Waals surface area contributed by atoms with Gasteiger partial charge in [0.05, 0.1) is 15.5 Å². The number of hydrogen-bond acceptors (Lipinski definition) is 5. The Morgan fingerprint density at radius 2 is 1.80 bits per heavy atom. The van der Waals surface area contributed by atoms with Crippen LogP contribution < -0.4 is 5.32 Å². The van der Waals surface area contributed by atoms with E-state index in [9.17, 15) is 19.7 Å². The van der Waals surface area contributed by atoms with Crippen molar-refractivity contribution in [2.45, 2.75) is 6.61 Å². The van der Waals surface area contributed by atoms with Crippen LogP contribution in [0.15, 0.2) is 42.5 Å². The molecule has 25 heavy (non-hydrogen) atoms. The van der Waals surface area contributed by atoms with Crippen LogP contribution in [0.5, 0.6) is 0 Å². The predicted octanol–water partition coefficient (Wildman–Crippen LogP) is 3.37. The molecular weight excluding hydrogens is 371 g/mol. The number of carbonyl (C=O) groups excluding carboxylic acids is 2. The van der Waals surface area contributed by atoms with E-state index in [2.05, 4.69) is 5.32 Å². The topological polar surface area (TPSA) is 98.5 Å². The van der Waals surface area contributed by atoms with Crippen molar-refractivity contribution in [3.05, 3.63) is 73.8 Å². The minimum absolute atomic E-state index is 0.0535. The summed E-state index contributed by atoms with van der Waals surface area (Å²) in [5, 5.41) is 13.5. The molecule has 2 aromatic carbocycles. The van der Waals surface area contributed by atoms with Crippen molar-refractivity contribution >= 4 is 40.8 Å². The highest BCUT2D eigenvalue weighted by Gasteiger charge is 2.13. The summed E-state index contributed by atoms with van der Waals surface area (Å²) in [7, 11) is 0. The maximum Gasteiger partial charge on any atom is 0.325 e. The van der Waals surface area contributed by atoms with Gasteiger partial charge in [-0.1, -0.05) is 23.2 Å². The highest BCUT2D eigenvalue weighted by molar-refractivity contribution is 6.36. The first-order valence-corrected chi connectivity index (χ1v) is 7.74. The molecule has 0 saturated carbocycles. The highest BCUT2D eigenvalue weighted by atomic mass is 35.5. The van der Waals surface area contributed by atoms with Crippen LogP contribution in [0.4, 0.5) is 5.69 Å². The molecule has 0 unspecified atom stereocenters. The number of nitro benzene ring substituents is 1. The molecule has 0 atom stereocenters. The van der Waals surface area contributed by atoms with Gasteiger partial charge in [-0.05, 0) is 35.9 Å². The van der Waals surface area contributed by atoms with Gasteiger partial charge in [0.2, 0.25) is 0 Å². The average molecular weight is 383 g/mol. The summed E-state index contributed by atoms with van der Waals surface area (Å²) >= 11 is 11.7. The Morgan fingerprint density at radius 1 is 1.12 bits per heavy atom. The Bertz CT molecular complexity index is 809. The second-order valence-electron chi connectivity index (χ2n) is 4.89. The Morgan fingerprint density at radius 3 is 2.40 bits per heavy atom. The van der Waals surface area contributed by atoms with Crippen LogP contribution in [0.2, 0.25) is 10.0 Å². The molecule has 0 aliphatic heterocycles. The number of nitro groups is 1. The Kier molecular flexibility index (Phi) is 6.32. The van der Waals surface area contributed by atoms with Crippen molar-refractivity contribution in [3.63, 3.8) is 0 Å². The number of esters is 1. The van der Waals surface area contributed by atoms with E-state index < -0.39 is 16.8 Å². The molecule has 2 aromatic rings. The number of ether oxygens (including phenoxy) is 1. The molecule has 0 fully saturated rings. The lowest BCUT2D eigenvalue weighted by atomic mass is 10.2. The van der Waals surface area contributed by atoms with Crippen molar-refractivity contribution in [1.82, 2.24) is 5.32 Å². The highest BCUT2D eigenvalue weighted by Crippen LogP contribution is 2.20. The quantitative estimate of drug-likeness (QED) is 0.469. The first-order valence-electron chi connectivity index (χ1n) is 6.99. The predicted molar refractivity (Wildman–Crippen MR) is 91.7 cm³/mol.